The molecule has 0 fully saturated rings. The van der Waals surface area contributed by atoms with E-state index in [1.54, 1.807) is 12.4 Å². The van der Waals surface area contributed by atoms with E-state index in [4.69, 9.17) is 0 Å². The first-order valence-electron chi connectivity index (χ1n) is 4.57. The molecule has 2 aromatic rings. The maximum atomic E-state index is 4.24. The zero-order chi connectivity index (χ0) is 10.7. The Hall–Kier alpha value is -1.20. The van der Waals surface area contributed by atoms with Gasteiger partial charge in [0.1, 0.15) is 0 Å². The minimum atomic E-state index is 0.748. The van der Waals surface area contributed by atoms with Gasteiger partial charge in [-0.2, -0.15) is 0 Å². The first kappa shape index (κ1) is 10.3. The van der Waals surface area contributed by atoms with E-state index in [1.807, 2.05) is 16.8 Å². The molecule has 0 radical (unpaired) electrons. The molecule has 2 aromatic heterocycles. The zero-order valence-corrected chi connectivity index (χ0v) is 9.74. The number of nitrogens with one attached hydrogen (secondary N) is 1. The Morgan fingerprint density at radius 1 is 1.53 bits per heavy atom. The number of rotatable bonds is 4. The van der Waals surface area contributed by atoms with Gasteiger partial charge in [-0.1, -0.05) is 22.5 Å². The van der Waals surface area contributed by atoms with Crippen molar-refractivity contribution >= 4 is 21.6 Å². The molecule has 2 rings (SSSR count). The van der Waals surface area contributed by atoms with Gasteiger partial charge in [0.2, 0.25) is 0 Å². The van der Waals surface area contributed by atoms with Crippen molar-refractivity contribution in [1.82, 2.24) is 19.7 Å². The smallest absolute Gasteiger partial charge is 0.155 e. The van der Waals surface area contributed by atoms with Crippen LogP contribution in [0.4, 0.5) is 0 Å². The predicted molar refractivity (Wildman–Crippen MR) is 62.8 cm³/mol. The predicted octanol–water partition coefficient (Wildman–Crippen LogP) is 1.73. The summed E-state index contributed by atoms with van der Waals surface area (Å²) >= 11 is 3.30. The summed E-state index contributed by atoms with van der Waals surface area (Å²) in [7, 11) is 0. The van der Waals surface area contributed by atoms with Crippen molar-refractivity contribution in [3.8, 4) is 0 Å². The maximum absolute atomic E-state index is 4.24. The monoisotopic (exact) mass is 266 g/mol. The zero-order valence-electron chi connectivity index (χ0n) is 8.15. The molecule has 0 saturated heterocycles. The van der Waals surface area contributed by atoms with Gasteiger partial charge in [0.25, 0.3) is 0 Å². The number of nitrogens with zero attached hydrogens (tertiary/aromatic N) is 3. The fourth-order valence-corrected chi connectivity index (χ4v) is 1.55. The average Bonchev–Trinajstić information content (AvgIpc) is 2.62. The Balaban J connectivity index is 2.11. The van der Waals surface area contributed by atoms with Gasteiger partial charge in [-0.25, -0.2) is 4.98 Å². The highest BCUT2D eigenvalue weighted by atomic mass is 79.9. The third-order valence-electron chi connectivity index (χ3n) is 2.02. The maximum Gasteiger partial charge on any atom is 0.155 e. The molecule has 0 aliphatic rings. The first-order valence-corrected chi connectivity index (χ1v) is 5.36. The second-order valence-corrected chi connectivity index (χ2v) is 4.30. The van der Waals surface area contributed by atoms with Crippen molar-refractivity contribution in [2.45, 2.75) is 6.54 Å². The largest absolute Gasteiger partial charge is 0.307 e. The number of hydrogen-bond donors (Lipinski definition) is 1. The molecule has 78 valence electrons. The summed E-state index contributed by atoms with van der Waals surface area (Å²) in [6, 6.07) is 0. The molecule has 15 heavy (non-hydrogen) atoms. The summed E-state index contributed by atoms with van der Waals surface area (Å²) in [5.41, 5.74) is 1.98. The van der Waals surface area contributed by atoms with Crippen LogP contribution in [0, 0.1) is 0 Å². The summed E-state index contributed by atoms with van der Waals surface area (Å²) in [6.45, 7) is 5.27. The van der Waals surface area contributed by atoms with Crippen molar-refractivity contribution in [1.29, 1.82) is 0 Å². The molecular formula is C10H11BrN4. The van der Waals surface area contributed by atoms with E-state index >= 15 is 0 Å². The summed E-state index contributed by atoms with van der Waals surface area (Å²) in [4.78, 5) is 8.25. The van der Waals surface area contributed by atoms with E-state index in [0.717, 1.165) is 28.9 Å². The van der Waals surface area contributed by atoms with E-state index in [9.17, 15) is 0 Å². The standard InChI is InChI=1S/C10H11BrN4/c1-8(11)4-13-5-9-6-14-10-7-12-2-3-15(9)10/h2-3,6-7,13H,1,4-5H2. The van der Waals surface area contributed by atoms with E-state index in [0.29, 0.717) is 0 Å². The molecule has 1 N–H and O–H groups in total. The van der Waals surface area contributed by atoms with Crippen LogP contribution in [0.1, 0.15) is 5.69 Å². The van der Waals surface area contributed by atoms with Crippen LogP contribution in [-0.4, -0.2) is 20.9 Å². The van der Waals surface area contributed by atoms with Gasteiger partial charge in [0, 0.05) is 30.0 Å². The molecule has 0 atom stereocenters. The molecule has 0 amide bonds. The van der Waals surface area contributed by atoms with Crippen molar-refractivity contribution in [3.05, 3.63) is 41.5 Å². The van der Waals surface area contributed by atoms with Crippen LogP contribution in [0.25, 0.3) is 5.65 Å². The second kappa shape index (κ2) is 4.55. The number of fused-ring (bicyclic) bond motifs is 1. The van der Waals surface area contributed by atoms with Crippen LogP contribution >= 0.6 is 15.9 Å². The molecule has 2 heterocycles. The molecule has 0 unspecified atom stereocenters. The van der Waals surface area contributed by atoms with Crippen molar-refractivity contribution in [3.63, 3.8) is 0 Å². The fourth-order valence-electron chi connectivity index (χ4n) is 1.35. The Morgan fingerprint density at radius 2 is 2.40 bits per heavy atom. The third-order valence-corrected chi connectivity index (χ3v) is 2.30. The van der Waals surface area contributed by atoms with Gasteiger partial charge in [0.15, 0.2) is 5.65 Å². The van der Waals surface area contributed by atoms with E-state index in [2.05, 4.69) is 37.8 Å². The molecule has 0 aromatic carbocycles. The van der Waals surface area contributed by atoms with Crippen LogP contribution in [0.3, 0.4) is 0 Å². The van der Waals surface area contributed by atoms with Gasteiger partial charge < -0.3 is 5.32 Å². The van der Waals surface area contributed by atoms with Crippen molar-refractivity contribution in [2.75, 3.05) is 6.54 Å². The quantitative estimate of drug-likeness (QED) is 0.917. The van der Waals surface area contributed by atoms with E-state index < -0.39 is 0 Å². The summed E-state index contributed by atoms with van der Waals surface area (Å²) in [5, 5.41) is 3.25. The third kappa shape index (κ3) is 2.43. The van der Waals surface area contributed by atoms with Gasteiger partial charge in [-0.05, 0) is 0 Å². The first-order chi connectivity index (χ1) is 7.27. The topological polar surface area (TPSA) is 42.2 Å². The van der Waals surface area contributed by atoms with Crippen LogP contribution in [0.5, 0.6) is 0 Å². The Labute approximate surface area is 96.2 Å². The van der Waals surface area contributed by atoms with Gasteiger partial charge >= 0.3 is 0 Å². The molecule has 4 nitrogen and oxygen atoms in total. The molecule has 0 spiro atoms. The number of hydrogen-bond acceptors (Lipinski definition) is 3. The lowest BCUT2D eigenvalue weighted by atomic mass is 10.4. The molecule has 0 aliphatic heterocycles. The summed E-state index contributed by atoms with van der Waals surface area (Å²) in [5.74, 6) is 0. The Kier molecular flexibility index (Phi) is 3.13. The lowest BCUT2D eigenvalue weighted by molar-refractivity contribution is 0.731. The highest BCUT2D eigenvalue weighted by Gasteiger charge is 2.01. The SMILES string of the molecule is C=C(Br)CNCc1cnc2cnccn12. The Bertz CT molecular complexity index is 477. The highest BCUT2D eigenvalue weighted by Crippen LogP contribution is 2.04. The lowest BCUT2D eigenvalue weighted by Gasteiger charge is -2.02. The van der Waals surface area contributed by atoms with Crippen LogP contribution < -0.4 is 5.32 Å². The van der Waals surface area contributed by atoms with Crippen LogP contribution in [0.2, 0.25) is 0 Å². The summed E-state index contributed by atoms with van der Waals surface area (Å²) < 4.78 is 2.95. The average molecular weight is 267 g/mol. The van der Waals surface area contributed by atoms with Gasteiger partial charge in [-0.15, -0.1) is 0 Å². The number of imidazole rings is 1. The molecule has 0 bridgehead atoms. The number of halogens is 1. The van der Waals surface area contributed by atoms with Gasteiger partial charge in [-0.3, -0.25) is 9.38 Å². The highest BCUT2D eigenvalue weighted by molar-refractivity contribution is 9.11. The molecule has 5 heteroatoms. The lowest BCUT2D eigenvalue weighted by Crippen LogP contribution is -2.15. The van der Waals surface area contributed by atoms with E-state index in [-0.39, 0.29) is 0 Å². The Morgan fingerprint density at radius 3 is 3.20 bits per heavy atom. The van der Waals surface area contributed by atoms with Crippen molar-refractivity contribution < 1.29 is 0 Å². The molecule has 0 saturated carbocycles. The van der Waals surface area contributed by atoms with Crippen LogP contribution in [-0.2, 0) is 6.54 Å². The summed E-state index contributed by atoms with van der Waals surface area (Å²) in [6.07, 6.45) is 7.25. The van der Waals surface area contributed by atoms with Crippen LogP contribution in [0.15, 0.2) is 35.8 Å². The minimum Gasteiger partial charge on any atom is -0.307 e. The number of aromatic nitrogens is 3. The van der Waals surface area contributed by atoms with Crippen molar-refractivity contribution in [2.24, 2.45) is 0 Å². The fraction of sp³-hybridized carbons (Fsp3) is 0.200. The molecular weight excluding hydrogens is 256 g/mol. The normalized spacial score (nSPS) is 10.7. The molecule has 0 aliphatic carbocycles. The van der Waals surface area contributed by atoms with Gasteiger partial charge in [0.05, 0.1) is 18.1 Å². The van der Waals surface area contributed by atoms with E-state index in [1.165, 1.54) is 0 Å². The minimum absolute atomic E-state index is 0.748. The second-order valence-electron chi connectivity index (χ2n) is 3.17.